The Kier molecular flexibility index (Phi) is 6.10. The van der Waals surface area contributed by atoms with Gasteiger partial charge in [0.25, 0.3) is 5.91 Å². The van der Waals surface area contributed by atoms with Crippen molar-refractivity contribution in [2.24, 2.45) is 0 Å². The van der Waals surface area contributed by atoms with Crippen LogP contribution in [0.25, 0.3) is 27.3 Å². The number of ether oxygens (including phenoxy) is 2. The number of carbonyl (C=O) groups excluding carboxylic acids is 1. The lowest BCUT2D eigenvalue weighted by molar-refractivity contribution is 0.0300. The summed E-state index contributed by atoms with van der Waals surface area (Å²) >= 11 is 1.61. The van der Waals surface area contributed by atoms with Crippen molar-refractivity contribution in [1.82, 2.24) is 19.7 Å². The van der Waals surface area contributed by atoms with Crippen molar-refractivity contribution in [3.05, 3.63) is 58.6 Å². The zero-order valence-electron chi connectivity index (χ0n) is 19.9. The maximum absolute atomic E-state index is 13.4. The Hall–Kier alpha value is -3.23. The molecule has 5 rings (SSSR count). The second-order valence-electron chi connectivity index (χ2n) is 8.78. The minimum atomic E-state index is -0.0636. The number of thiazole rings is 1. The molecule has 0 unspecified atom stereocenters. The summed E-state index contributed by atoms with van der Waals surface area (Å²) in [4.78, 5) is 21.4. The highest BCUT2D eigenvalue weighted by atomic mass is 32.1. The summed E-state index contributed by atoms with van der Waals surface area (Å²) in [6.45, 7) is 8.62. The summed E-state index contributed by atoms with van der Waals surface area (Å²) < 4.78 is 12.7. The van der Waals surface area contributed by atoms with E-state index in [1.165, 1.54) is 4.88 Å². The molecule has 1 saturated heterocycles. The van der Waals surface area contributed by atoms with Gasteiger partial charge in [-0.05, 0) is 37.1 Å². The number of rotatable bonds is 5. The van der Waals surface area contributed by atoms with E-state index in [9.17, 15) is 4.79 Å². The van der Waals surface area contributed by atoms with E-state index in [0.717, 1.165) is 38.6 Å². The van der Waals surface area contributed by atoms with E-state index in [1.54, 1.807) is 18.4 Å². The molecule has 1 aliphatic heterocycles. The topological polar surface area (TPSA) is 69.5 Å². The standard InChI is InChI=1S/C26H28N4O3S/c1-16(2)24-22(18-6-5-7-19(15-18)32-4)27-26(34-24)30-21-9-8-17(3)14-20(21)23(28-30)25(31)29-10-12-33-13-11-29/h5-9,14-16H,10-13H2,1-4H3. The summed E-state index contributed by atoms with van der Waals surface area (Å²) in [5.74, 6) is 1.01. The smallest absolute Gasteiger partial charge is 0.275 e. The van der Waals surface area contributed by atoms with Crippen LogP contribution in [-0.4, -0.2) is 59.0 Å². The molecule has 0 bridgehead atoms. The number of methoxy groups -OCH3 is 1. The Balaban J connectivity index is 1.65. The van der Waals surface area contributed by atoms with E-state index in [0.29, 0.717) is 32.0 Å². The molecule has 0 radical (unpaired) electrons. The number of aromatic nitrogens is 3. The largest absolute Gasteiger partial charge is 0.497 e. The zero-order valence-corrected chi connectivity index (χ0v) is 20.7. The Morgan fingerprint density at radius 2 is 1.94 bits per heavy atom. The maximum atomic E-state index is 13.4. The van der Waals surface area contributed by atoms with Crippen molar-refractivity contribution in [3.8, 4) is 22.1 Å². The molecule has 176 valence electrons. The highest BCUT2D eigenvalue weighted by Crippen LogP contribution is 2.37. The Labute approximate surface area is 202 Å². The third kappa shape index (κ3) is 4.08. The van der Waals surface area contributed by atoms with Gasteiger partial charge in [-0.1, -0.05) is 48.9 Å². The third-order valence-electron chi connectivity index (χ3n) is 6.03. The molecule has 3 heterocycles. The molecule has 7 nitrogen and oxygen atoms in total. The van der Waals surface area contributed by atoms with Crippen molar-refractivity contribution < 1.29 is 14.3 Å². The lowest BCUT2D eigenvalue weighted by Gasteiger charge is -2.26. The number of fused-ring (bicyclic) bond motifs is 1. The molecule has 1 amide bonds. The highest BCUT2D eigenvalue weighted by molar-refractivity contribution is 7.14. The monoisotopic (exact) mass is 476 g/mol. The van der Waals surface area contributed by atoms with Crippen molar-refractivity contribution >= 4 is 28.1 Å². The second-order valence-corrected chi connectivity index (χ2v) is 9.79. The van der Waals surface area contributed by atoms with Gasteiger partial charge in [-0.25, -0.2) is 9.67 Å². The highest BCUT2D eigenvalue weighted by Gasteiger charge is 2.26. The van der Waals surface area contributed by atoms with Crippen LogP contribution in [-0.2, 0) is 4.74 Å². The number of hydrogen-bond acceptors (Lipinski definition) is 6. The van der Waals surface area contributed by atoms with Crippen molar-refractivity contribution in [2.45, 2.75) is 26.7 Å². The number of aryl methyl sites for hydroxylation is 1. The van der Waals surface area contributed by atoms with Gasteiger partial charge in [0.15, 0.2) is 5.69 Å². The number of nitrogens with zero attached hydrogens (tertiary/aromatic N) is 4. The van der Waals surface area contributed by atoms with E-state index >= 15 is 0 Å². The van der Waals surface area contributed by atoms with Crippen molar-refractivity contribution in [1.29, 1.82) is 0 Å². The lowest BCUT2D eigenvalue weighted by atomic mass is 10.1. The summed E-state index contributed by atoms with van der Waals surface area (Å²) in [6.07, 6.45) is 0. The van der Waals surface area contributed by atoms with Gasteiger partial charge in [-0.15, -0.1) is 0 Å². The first kappa shape index (κ1) is 22.6. The minimum Gasteiger partial charge on any atom is -0.497 e. The molecule has 0 N–H and O–H groups in total. The summed E-state index contributed by atoms with van der Waals surface area (Å²) in [5, 5.41) is 6.42. The van der Waals surface area contributed by atoms with Crippen LogP contribution in [0.2, 0.25) is 0 Å². The Morgan fingerprint density at radius 1 is 1.15 bits per heavy atom. The van der Waals surface area contributed by atoms with Crippen LogP contribution >= 0.6 is 11.3 Å². The molecule has 34 heavy (non-hydrogen) atoms. The van der Waals surface area contributed by atoms with E-state index in [-0.39, 0.29) is 11.8 Å². The Bertz CT molecular complexity index is 1350. The summed E-state index contributed by atoms with van der Waals surface area (Å²) in [6, 6.07) is 14.1. The fraction of sp³-hybridized carbons (Fsp3) is 0.346. The third-order valence-corrected chi connectivity index (χ3v) is 7.36. The molecule has 4 aromatic rings. The van der Waals surface area contributed by atoms with Gasteiger partial charge in [-0.3, -0.25) is 4.79 Å². The molecule has 1 fully saturated rings. The molecule has 0 saturated carbocycles. The van der Waals surface area contributed by atoms with Gasteiger partial charge in [0.1, 0.15) is 5.75 Å². The van der Waals surface area contributed by atoms with Crippen LogP contribution in [0.4, 0.5) is 0 Å². The zero-order chi connectivity index (χ0) is 23.8. The lowest BCUT2D eigenvalue weighted by Crippen LogP contribution is -2.41. The molecule has 8 heteroatoms. The maximum Gasteiger partial charge on any atom is 0.275 e. The van der Waals surface area contributed by atoms with Crippen LogP contribution in [0, 0.1) is 6.92 Å². The molecular weight excluding hydrogens is 448 g/mol. The average Bonchev–Trinajstić information content (AvgIpc) is 3.46. The van der Waals surface area contributed by atoms with Crippen LogP contribution in [0.1, 0.15) is 40.7 Å². The van der Waals surface area contributed by atoms with Crippen LogP contribution < -0.4 is 4.74 Å². The Morgan fingerprint density at radius 3 is 2.68 bits per heavy atom. The summed E-state index contributed by atoms with van der Waals surface area (Å²) in [7, 11) is 1.67. The van der Waals surface area contributed by atoms with E-state index in [1.807, 2.05) is 59.0 Å². The van der Waals surface area contributed by atoms with Crippen molar-refractivity contribution in [3.63, 3.8) is 0 Å². The molecule has 1 aliphatic rings. The number of hydrogen-bond donors (Lipinski definition) is 0. The van der Waals surface area contributed by atoms with Crippen LogP contribution in [0.5, 0.6) is 5.75 Å². The molecule has 0 spiro atoms. The van der Waals surface area contributed by atoms with E-state index < -0.39 is 0 Å². The normalized spacial score (nSPS) is 14.2. The molecule has 2 aromatic carbocycles. The SMILES string of the molecule is COc1cccc(-c2nc(-n3nc(C(=O)N4CCOCC4)c4cc(C)ccc43)sc2C(C)C)c1. The fourth-order valence-electron chi connectivity index (χ4n) is 4.23. The number of morpholine rings is 1. The second kappa shape index (κ2) is 9.19. The molecular formula is C26H28N4O3S. The first-order valence-corrected chi connectivity index (χ1v) is 12.3. The van der Waals surface area contributed by atoms with Gasteiger partial charge in [0, 0.05) is 28.9 Å². The van der Waals surface area contributed by atoms with E-state index in [2.05, 4.69) is 13.8 Å². The number of carbonyl (C=O) groups is 1. The van der Waals surface area contributed by atoms with Crippen LogP contribution in [0.15, 0.2) is 42.5 Å². The fourth-order valence-corrected chi connectivity index (χ4v) is 5.29. The molecule has 0 aliphatic carbocycles. The van der Waals surface area contributed by atoms with Gasteiger partial charge < -0.3 is 14.4 Å². The first-order valence-electron chi connectivity index (χ1n) is 11.5. The summed E-state index contributed by atoms with van der Waals surface area (Å²) in [5.41, 5.74) is 4.35. The number of benzene rings is 2. The van der Waals surface area contributed by atoms with Crippen LogP contribution in [0.3, 0.4) is 0 Å². The average molecular weight is 477 g/mol. The predicted octanol–water partition coefficient (Wildman–Crippen LogP) is 5.06. The quantitative estimate of drug-likeness (QED) is 0.403. The minimum absolute atomic E-state index is 0.0636. The van der Waals surface area contributed by atoms with Gasteiger partial charge in [0.2, 0.25) is 5.13 Å². The van der Waals surface area contributed by atoms with Gasteiger partial charge >= 0.3 is 0 Å². The first-order chi connectivity index (χ1) is 16.5. The van der Waals surface area contributed by atoms with E-state index in [4.69, 9.17) is 19.6 Å². The molecule has 2 aromatic heterocycles. The number of amides is 1. The van der Waals surface area contributed by atoms with Gasteiger partial charge in [-0.2, -0.15) is 5.10 Å². The molecule has 0 atom stereocenters. The van der Waals surface area contributed by atoms with Crippen molar-refractivity contribution in [2.75, 3.05) is 33.4 Å². The predicted molar refractivity (Wildman–Crippen MR) is 134 cm³/mol. The van der Waals surface area contributed by atoms with Gasteiger partial charge in [0.05, 0.1) is 31.5 Å².